The number of methoxy groups -OCH3 is 1. The van der Waals surface area contributed by atoms with Crippen LogP contribution in [0.1, 0.15) is 52.4 Å². The molecule has 1 aliphatic carbocycles. The van der Waals surface area contributed by atoms with Gasteiger partial charge in [-0.1, -0.05) is 20.3 Å². The van der Waals surface area contributed by atoms with E-state index >= 15 is 0 Å². The van der Waals surface area contributed by atoms with E-state index < -0.39 is 5.60 Å². The van der Waals surface area contributed by atoms with E-state index in [2.05, 4.69) is 6.92 Å². The summed E-state index contributed by atoms with van der Waals surface area (Å²) in [6.07, 6.45) is 6.40. The summed E-state index contributed by atoms with van der Waals surface area (Å²) in [6.45, 7) is 4.25. The van der Waals surface area contributed by atoms with E-state index in [-0.39, 0.29) is 11.6 Å². The molecule has 1 saturated carbocycles. The van der Waals surface area contributed by atoms with Crippen LogP contribution >= 0.6 is 0 Å². The van der Waals surface area contributed by atoms with Crippen molar-refractivity contribution >= 4 is 5.97 Å². The monoisotopic (exact) mass is 226 g/mol. The molecule has 2 rings (SSSR count). The van der Waals surface area contributed by atoms with Crippen LogP contribution in [0.15, 0.2) is 0 Å². The highest BCUT2D eigenvalue weighted by atomic mass is 16.7. The molecule has 1 saturated heterocycles. The van der Waals surface area contributed by atoms with Gasteiger partial charge in [0.05, 0.1) is 7.11 Å². The van der Waals surface area contributed by atoms with Crippen LogP contribution in [0.25, 0.3) is 0 Å². The highest BCUT2D eigenvalue weighted by molar-refractivity contribution is 5.84. The Morgan fingerprint density at radius 1 is 1.38 bits per heavy atom. The maximum Gasteiger partial charge on any atom is 0.341 e. The molecule has 3 nitrogen and oxygen atoms in total. The molecule has 1 atom stereocenters. The SMILES string of the molecule is CCC1CCC2(CC1)OC2(CC)C(=O)OC. The number of ether oxygens (including phenoxy) is 2. The number of epoxide rings is 1. The summed E-state index contributed by atoms with van der Waals surface area (Å²) in [4.78, 5) is 11.8. The first-order valence-electron chi connectivity index (χ1n) is 6.42. The van der Waals surface area contributed by atoms with Gasteiger partial charge in [0.2, 0.25) is 0 Å². The van der Waals surface area contributed by atoms with Crippen molar-refractivity contribution in [1.29, 1.82) is 0 Å². The van der Waals surface area contributed by atoms with Gasteiger partial charge in [0.1, 0.15) is 5.60 Å². The number of hydrogen-bond acceptors (Lipinski definition) is 3. The van der Waals surface area contributed by atoms with Crippen molar-refractivity contribution in [2.24, 2.45) is 5.92 Å². The Hall–Kier alpha value is -0.570. The number of esters is 1. The van der Waals surface area contributed by atoms with Gasteiger partial charge in [-0.15, -0.1) is 0 Å². The molecule has 0 aromatic carbocycles. The summed E-state index contributed by atoms with van der Waals surface area (Å²) < 4.78 is 10.7. The normalized spacial score (nSPS) is 42.1. The highest BCUT2D eigenvalue weighted by Crippen LogP contribution is 2.59. The Balaban J connectivity index is 2.05. The molecule has 92 valence electrons. The first-order chi connectivity index (χ1) is 7.64. The van der Waals surface area contributed by atoms with Crippen molar-refractivity contribution in [2.75, 3.05) is 7.11 Å². The van der Waals surface area contributed by atoms with Crippen molar-refractivity contribution in [1.82, 2.24) is 0 Å². The van der Waals surface area contributed by atoms with E-state index in [1.165, 1.54) is 26.4 Å². The van der Waals surface area contributed by atoms with E-state index in [0.29, 0.717) is 0 Å². The number of carbonyl (C=O) groups is 1. The van der Waals surface area contributed by atoms with Gasteiger partial charge in [-0.05, 0) is 38.0 Å². The third-order valence-electron chi connectivity index (χ3n) is 4.57. The van der Waals surface area contributed by atoms with Crippen molar-refractivity contribution in [3.05, 3.63) is 0 Å². The van der Waals surface area contributed by atoms with Gasteiger partial charge >= 0.3 is 5.97 Å². The van der Waals surface area contributed by atoms with E-state index in [1.54, 1.807) is 0 Å². The van der Waals surface area contributed by atoms with Crippen LogP contribution in [0.4, 0.5) is 0 Å². The molecule has 1 spiro atoms. The molecule has 2 fully saturated rings. The maximum absolute atomic E-state index is 11.8. The maximum atomic E-state index is 11.8. The number of hydrogen-bond donors (Lipinski definition) is 0. The fraction of sp³-hybridized carbons (Fsp3) is 0.923. The third kappa shape index (κ3) is 1.48. The summed E-state index contributed by atoms with van der Waals surface area (Å²) >= 11 is 0. The van der Waals surface area contributed by atoms with Gasteiger partial charge < -0.3 is 9.47 Å². The molecule has 0 aromatic rings. The molecule has 16 heavy (non-hydrogen) atoms. The summed E-state index contributed by atoms with van der Waals surface area (Å²) in [7, 11) is 1.45. The smallest absolute Gasteiger partial charge is 0.341 e. The zero-order valence-corrected chi connectivity index (χ0v) is 10.5. The van der Waals surface area contributed by atoms with E-state index in [1.807, 2.05) is 6.92 Å². The van der Waals surface area contributed by atoms with E-state index in [0.717, 1.165) is 25.2 Å². The Kier molecular flexibility index (Phi) is 2.99. The molecule has 3 heteroatoms. The average molecular weight is 226 g/mol. The Labute approximate surface area is 97.5 Å². The second kappa shape index (κ2) is 4.02. The minimum absolute atomic E-state index is 0.176. The Morgan fingerprint density at radius 2 is 2.00 bits per heavy atom. The van der Waals surface area contributed by atoms with Crippen LogP contribution in [0.5, 0.6) is 0 Å². The Morgan fingerprint density at radius 3 is 2.44 bits per heavy atom. The summed E-state index contributed by atoms with van der Waals surface area (Å²) in [5.41, 5.74) is -0.791. The van der Waals surface area contributed by atoms with Crippen LogP contribution in [-0.4, -0.2) is 24.3 Å². The lowest BCUT2D eigenvalue weighted by atomic mass is 9.74. The summed E-state index contributed by atoms with van der Waals surface area (Å²) in [5, 5.41) is 0. The molecule has 1 aliphatic heterocycles. The van der Waals surface area contributed by atoms with Crippen molar-refractivity contribution < 1.29 is 14.3 Å². The molecule has 1 unspecified atom stereocenters. The molecule has 0 bridgehead atoms. The molecular formula is C13H22O3. The minimum Gasteiger partial charge on any atom is -0.467 e. The van der Waals surface area contributed by atoms with Crippen LogP contribution in [0, 0.1) is 5.92 Å². The van der Waals surface area contributed by atoms with Crippen molar-refractivity contribution in [3.63, 3.8) is 0 Å². The van der Waals surface area contributed by atoms with Crippen LogP contribution in [0.3, 0.4) is 0 Å². The molecule has 2 aliphatic rings. The lowest BCUT2D eigenvalue weighted by Gasteiger charge is -2.27. The van der Waals surface area contributed by atoms with Gasteiger partial charge in [-0.25, -0.2) is 4.79 Å². The third-order valence-corrected chi connectivity index (χ3v) is 4.57. The van der Waals surface area contributed by atoms with Gasteiger partial charge in [0.15, 0.2) is 5.60 Å². The van der Waals surface area contributed by atoms with E-state index in [4.69, 9.17) is 9.47 Å². The molecule has 0 N–H and O–H groups in total. The molecule has 1 heterocycles. The first kappa shape index (κ1) is 11.9. The zero-order valence-electron chi connectivity index (χ0n) is 10.5. The highest BCUT2D eigenvalue weighted by Gasteiger charge is 2.74. The first-order valence-corrected chi connectivity index (χ1v) is 6.42. The number of rotatable bonds is 3. The molecular weight excluding hydrogens is 204 g/mol. The average Bonchev–Trinajstić information content (AvgIpc) is 2.98. The van der Waals surface area contributed by atoms with Crippen LogP contribution in [-0.2, 0) is 14.3 Å². The lowest BCUT2D eigenvalue weighted by Crippen LogP contribution is -2.37. The number of carbonyl (C=O) groups excluding carboxylic acids is 1. The van der Waals surface area contributed by atoms with Crippen LogP contribution in [0.2, 0.25) is 0 Å². The largest absolute Gasteiger partial charge is 0.467 e. The van der Waals surface area contributed by atoms with Crippen molar-refractivity contribution in [3.8, 4) is 0 Å². The molecule has 0 amide bonds. The predicted molar refractivity (Wildman–Crippen MR) is 61.1 cm³/mol. The lowest BCUT2D eigenvalue weighted by molar-refractivity contribution is -0.147. The van der Waals surface area contributed by atoms with E-state index in [9.17, 15) is 4.79 Å². The summed E-state index contributed by atoms with van der Waals surface area (Å²) in [5.74, 6) is 0.645. The second-order valence-corrected chi connectivity index (χ2v) is 5.12. The van der Waals surface area contributed by atoms with Gasteiger partial charge in [-0.3, -0.25) is 0 Å². The van der Waals surface area contributed by atoms with Crippen molar-refractivity contribution in [2.45, 2.75) is 63.6 Å². The van der Waals surface area contributed by atoms with Gasteiger partial charge in [0, 0.05) is 0 Å². The van der Waals surface area contributed by atoms with Crippen LogP contribution < -0.4 is 0 Å². The fourth-order valence-electron chi connectivity index (χ4n) is 3.30. The quantitative estimate of drug-likeness (QED) is 0.548. The standard InChI is InChI=1S/C13H22O3/c1-4-10-6-8-12(9-7-10)13(5-2,16-12)11(14)15-3/h10H,4-9H2,1-3H3. The topological polar surface area (TPSA) is 38.8 Å². The zero-order chi connectivity index (χ0) is 11.8. The fourth-order valence-corrected chi connectivity index (χ4v) is 3.30. The predicted octanol–water partition coefficient (Wildman–Crippen LogP) is 2.68. The second-order valence-electron chi connectivity index (χ2n) is 5.12. The van der Waals surface area contributed by atoms with Gasteiger partial charge in [0.25, 0.3) is 0 Å². The summed E-state index contributed by atoms with van der Waals surface area (Å²) in [6, 6.07) is 0. The van der Waals surface area contributed by atoms with Gasteiger partial charge in [-0.2, -0.15) is 0 Å². The Bertz CT molecular complexity index is 279. The molecule has 0 radical (unpaired) electrons. The minimum atomic E-state index is -0.611. The molecule has 0 aromatic heterocycles.